The summed E-state index contributed by atoms with van der Waals surface area (Å²) in [7, 11) is 0. The lowest BCUT2D eigenvalue weighted by atomic mass is 10.2. The molecule has 0 N–H and O–H groups in total. The third-order valence-electron chi connectivity index (χ3n) is 2.81. The largest absolute Gasteiger partial charge is 0.461 e. The van der Waals surface area contributed by atoms with Gasteiger partial charge in [0.25, 0.3) is 0 Å². The molecule has 0 aliphatic carbocycles. The number of aromatic nitrogens is 2. The van der Waals surface area contributed by atoms with Crippen LogP contribution in [0.5, 0.6) is 0 Å². The molecule has 0 aliphatic rings. The Hall–Kier alpha value is -2.27. The average Bonchev–Trinajstić information content (AvgIpc) is 2.97. The standard InChI is InChI=1S/C15H12N2O2S/c1-2-19-15(18)13-9-20-14(17-13)12-8-7-10-5-3-4-6-11(10)16-12/h3-9H,2H2,1H3. The molecule has 3 rings (SSSR count). The van der Waals surface area contributed by atoms with Crippen LogP contribution in [0.4, 0.5) is 0 Å². The van der Waals surface area contributed by atoms with E-state index in [1.165, 1.54) is 11.3 Å². The van der Waals surface area contributed by atoms with Crippen molar-refractivity contribution in [1.82, 2.24) is 9.97 Å². The lowest BCUT2D eigenvalue weighted by Gasteiger charge is -1.99. The molecule has 0 radical (unpaired) electrons. The van der Waals surface area contributed by atoms with Crippen molar-refractivity contribution in [1.29, 1.82) is 0 Å². The first-order chi connectivity index (χ1) is 9.78. The third kappa shape index (κ3) is 2.40. The zero-order valence-corrected chi connectivity index (χ0v) is 11.7. The molecule has 0 amide bonds. The van der Waals surface area contributed by atoms with Crippen molar-refractivity contribution in [2.75, 3.05) is 6.61 Å². The normalized spacial score (nSPS) is 10.7. The number of rotatable bonds is 3. The van der Waals surface area contributed by atoms with E-state index in [0.29, 0.717) is 12.3 Å². The van der Waals surface area contributed by atoms with Gasteiger partial charge in [-0.3, -0.25) is 0 Å². The maximum atomic E-state index is 11.6. The zero-order valence-electron chi connectivity index (χ0n) is 10.9. The highest BCUT2D eigenvalue weighted by atomic mass is 32.1. The van der Waals surface area contributed by atoms with E-state index in [-0.39, 0.29) is 0 Å². The zero-order chi connectivity index (χ0) is 13.9. The highest BCUT2D eigenvalue weighted by Crippen LogP contribution is 2.24. The second-order valence-corrected chi connectivity index (χ2v) is 5.01. The molecule has 2 heterocycles. The van der Waals surface area contributed by atoms with Gasteiger partial charge in [-0.05, 0) is 19.1 Å². The summed E-state index contributed by atoms with van der Waals surface area (Å²) >= 11 is 1.39. The second kappa shape index (κ2) is 5.38. The van der Waals surface area contributed by atoms with Gasteiger partial charge in [0, 0.05) is 10.8 Å². The van der Waals surface area contributed by atoms with Crippen LogP contribution in [0.3, 0.4) is 0 Å². The van der Waals surface area contributed by atoms with E-state index in [4.69, 9.17) is 4.74 Å². The molecular weight excluding hydrogens is 272 g/mol. The molecule has 0 aliphatic heterocycles. The number of carbonyl (C=O) groups is 1. The van der Waals surface area contributed by atoms with Gasteiger partial charge < -0.3 is 4.74 Å². The molecule has 20 heavy (non-hydrogen) atoms. The summed E-state index contributed by atoms with van der Waals surface area (Å²) in [6.07, 6.45) is 0. The Labute approximate surface area is 120 Å². The van der Waals surface area contributed by atoms with Crippen LogP contribution < -0.4 is 0 Å². The van der Waals surface area contributed by atoms with E-state index in [9.17, 15) is 4.79 Å². The minimum atomic E-state index is -0.393. The van der Waals surface area contributed by atoms with E-state index in [1.54, 1.807) is 12.3 Å². The highest BCUT2D eigenvalue weighted by Gasteiger charge is 2.13. The lowest BCUT2D eigenvalue weighted by Crippen LogP contribution is -2.04. The summed E-state index contributed by atoms with van der Waals surface area (Å²) in [6.45, 7) is 2.12. The Morgan fingerprint density at radius 3 is 2.90 bits per heavy atom. The molecular formula is C15H12N2O2S. The molecule has 100 valence electrons. The number of fused-ring (bicyclic) bond motifs is 1. The van der Waals surface area contributed by atoms with Crippen molar-refractivity contribution in [2.45, 2.75) is 6.92 Å². The minimum absolute atomic E-state index is 0.335. The average molecular weight is 284 g/mol. The number of thiazole rings is 1. The van der Waals surface area contributed by atoms with Gasteiger partial charge in [0.15, 0.2) is 5.69 Å². The summed E-state index contributed by atoms with van der Waals surface area (Å²) in [5.41, 5.74) is 2.02. The predicted molar refractivity (Wildman–Crippen MR) is 78.8 cm³/mol. The molecule has 5 heteroatoms. The summed E-state index contributed by atoms with van der Waals surface area (Å²) < 4.78 is 4.93. The Bertz CT molecular complexity index is 767. The van der Waals surface area contributed by atoms with E-state index in [2.05, 4.69) is 9.97 Å². The summed E-state index contributed by atoms with van der Waals surface area (Å²) in [6, 6.07) is 11.8. The lowest BCUT2D eigenvalue weighted by molar-refractivity contribution is 0.0520. The number of hydrogen-bond donors (Lipinski definition) is 0. The van der Waals surface area contributed by atoms with Crippen molar-refractivity contribution < 1.29 is 9.53 Å². The van der Waals surface area contributed by atoms with Crippen molar-refractivity contribution in [3.8, 4) is 10.7 Å². The van der Waals surface area contributed by atoms with Crippen molar-refractivity contribution >= 4 is 28.2 Å². The van der Waals surface area contributed by atoms with Crippen LogP contribution in [0, 0.1) is 0 Å². The topological polar surface area (TPSA) is 52.1 Å². The van der Waals surface area contributed by atoms with Crippen molar-refractivity contribution in [3.05, 3.63) is 47.5 Å². The number of pyridine rings is 1. The summed E-state index contributed by atoms with van der Waals surface area (Å²) in [5.74, 6) is -0.393. The van der Waals surface area contributed by atoms with E-state index < -0.39 is 5.97 Å². The van der Waals surface area contributed by atoms with Crippen LogP contribution in [0.2, 0.25) is 0 Å². The van der Waals surface area contributed by atoms with Gasteiger partial charge in [0.1, 0.15) is 5.01 Å². The predicted octanol–water partition coefficient (Wildman–Crippen LogP) is 3.54. The molecule has 0 saturated carbocycles. The summed E-state index contributed by atoms with van der Waals surface area (Å²) in [5, 5.41) is 3.50. The van der Waals surface area contributed by atoms with Gasteiger partial charge in [-0.1, -0.05) is 24.3 Å². The van der Waals surface area contributed by atoms with E-state index in [0.717, 1.165) is 21.6 Å². The number of hydrogen-bond acceptors (Lipinski definition) is 5. The van der Waals surface area contributed by atoms with Gasteiger partial charge in [0.2, 0.25) is 0 Å². The number of nitrogens with zero attached hydrogens (tertiary/aromatic N) is 2. The molecule has 0 spiro atoms. The molecule has 0 atom stereocenters. The van der Waals surface area contributed by atoms with Gasteiger partial charge >= 0.3 is 5.97 Å². The quantitative estimate of drug-likeness (QED) is 0.690. The fraction of sp³-hybridized carbons (Fsp3) is 0.133. The maximum Gasteiger partial charge on any atom is 0.357 e. The molecule has 3 aromatic rings. The number of benzene rings is 1. The molecule has 1 aromatic carbocycles. The first-order valence-electron chi connectivity index (χ1n) is 6.26. The molecule has 0 saturated heterocycles. The van der Waals surface area contributed by atoms with E-state index in [1.807, 2.05) is 36.4 Å². The van der Waals surface area contributed by atoms with Gasteiger partial charge in [-0.2, -0.15) is 0 Å². The number of carbonyl (C=O) groups excluding carboxylic acids is 1. The molecule has 2 aromatic heterocycles. The fourth-order valence-electron chi connectivity index (χ4n) is 1.88. The first-order valence-corrected chi connectivity index (χ1v) is 7.14. The van der Waals surface area contributed by atoms with Crippen molar-refractivity contribution in [3.63, 3.8) is 0 Å². The monoisotopic (exact) mass is 284 g/mol. The Morgan fingerprint density at radius 2 is 2.05 bits per heavy atom. The minimum Gasteiger partial charge on any atom is -0.461 e. The smallest absolute Gasteiger partial charge is 0.357 e. The van der Waals surface area contributed by atoms with Crippen LogP contribution in [-0.4, -0.2) is 22.5 Å². The number of ether oxygens (including phenoxy) is 1. The summed E-state index contributed by atoms with van der Waals surface area (Å²) in [4.78, 5) is 20.5. The van der Waals surface area contributed by atoms with Crippen LogP contribution >= 0.6 is 11.3 Å². The molecule has 4 nitrogen and oxygen atoms in total. The van der Waals surface area contributed by atoms with Crippen LogP contribution in [0.25, 0.3) is 21.6 Å². The fourth-order valence-corrected chi connectivity index (χ4v) is 2.63. The Morgan fingerprint density at radius 1 is 1.20 bits per heavy atom. The second-order valence-electron chi connectivity index (χ2n) is 4.15. The highest BCUT2D eigenvalue weighted by molar-refractivity contribution is 7.13. The first kappa shape index (κ1) is 12.7. The number of esters is 1. The SMILES string of the molecule is CCOC(=O)c1csc(-c2ccc3ccccc3n2)n1. The third-order valence-corrected chi connectivity index (χ3v) is 3.67. The number of para-hydroxylation sites is 1. The molecule has 0 bridgehead atoms. The molecule has 0 fully saturated rings. The van der Waals surface area contributed by atoms with Gasteiger partial charge in [-0.25, -0.2) is 14.8 Å². The van der Waals surface area contributed by atoms with E-state index >= 15 is 0 Å². The van der Waals surface area contributed by atoms with Crippen LogP contribution in [0.15, 0.2) is 41.8 Å². The molecule has 0 unspecified atom stereocenters. The van der Waals surface area contributed by atoms with Gasteiger partial charge in [-0.15, -0.1) is 11.3 Å². The Balaban J connectivity index is 1.96. The maximum absolute atomic E-state index is 11.6. The van der Waals surface area contributed by atoms with Crippen LogP contribution in [-0.2, 0) is 4.74 Å². The Kier molecular flexibility index (Phi) is 3.43. The van der Waals surface area contributed by atoms with Gasteiger partial charge in [0.05, 0.1) is 17.8 Å². The van der Waals surface area contributed by atoms with Crippen LogP contribution in [0.1, 0.15) is 17.4 Å². The van der Waals surface area contributed by atoms with Crippen molar-refractivity contribution in [2.24, 2.45) is 0 Å².